The van der Waals surface area contributed by atoms with Crippen molar-refractivity contribution in [1.82, 2.24) is 4.90 Å². The third kappa shape index (κ3) is 2.78. The molecule has 2 fully saturated rings. The van der Waals surface area contributed by atoms with Gasteiger partial charge in [-0.05, 0) is 31.8 Å². The van der Waals surface area contributed by atoms with Crippen LogP contribution in [0.3, 0.4) is 0 Å². The van der Waals surface area contributed by atoms with Crippen molar-refractivity contribution in [2.45, 2.75) is 57.5 Å². The van der Waals surface area contributed by atoms with Gasteiger partial charge in [-0.3, -0.25) is 9.69 Å². The molecule has 2 N–H and O–H groups in total. The lowest BCUT2D eigenvalue weighted by Crippen LogP contribution is -2.63. The van der Waals surface area contributed by atoms with Crippen molar-refractivity contribution in [3.05, 3.63) is 11.6 Å². The molecule has 0 amide bonds. The van der Waals surface area contributed by atoms with Crippen LogP contribution in [0.4, 0.5) is 0 Å². The number of esters is 2. The molecule has 7 heteroatoms. The van der Waals surface area contributed by atoms with E-state index in [1.54, 1.807) is 13.8 Å². The van der Waals surface area contributed by atoms with Crippen molar-refractivity contribution in [3.63, 3.8) is 0 Å². The van der Waals surface area contributed by atoms with Gasteiger partial charge >= 0.3 is 11.9 Å². The van der Waals surface area contributed by atoms with Crippen molar-refractivity contribution in [3.8, 4) is 0 Å². The number of rotatable bonds is 1. The summed E-state index contributed by atoms with van der Waals surface area (Å²) in [5.41, 5.74) is -3.39. The van der Waals surface area contributed by atoms with Crippen LogP contribution >= 0.6 is 0 Å². The zero-order chi connectivity index (χ0) is 18.6. The highest BCUT2D eigenvalue weighted by atomic mass is 16.6. The van der Waals surface area contributed by atoms with Crippen LogP contribution in [-0.4, -0.2) is 70.1 Å². The minimum Gasteiger partial charge on any atom is -0.460 e. The molecule has 2 saturated heterocycles. The molecule has 0 aromatic carbocycles. The predicted molar refractivity (Wildman–Crippen MR) is 88.5 cm³/mol. The number of nitrogens with zero attached hydrogens (tertiary/aromatic N) is 1. The first-order chi connectivity index (χ1) is 11.6. The molecule has 0 saturated carbocycles. The van der Waals surface area contributed by atoms with E-state index in [9.17, 15) is 19.8 Å². The molecular formula is C18H27NO6. The lowest BCUT2D eigenvalue weighted by molar-refractivity contribution is -0.210. The number of ether oxygens (including phenoxy) is 2. The third-order valence-electron chi connectivity index (χ3n) is 5.96. The first-order valence-electron chi connectivity index (χ1n) is 8.82. The summed E-state index contributed by atoms with van der Waals surface area (Å²) >= 11 is 0. The molecule has 25 heavy (non-hydrogen) atoms. The van der Waals surface area contributed by atoms with E-state index in [1.807, 2.05) is 6.08 Å². The molecule has 0 radical (unpaired) electrons. The van der Waals surface area contributed by atoms with Gasteiger partial charge in [0, 0.05) is 13.1 Å². The molecule has 0 aromatic rings. The summed E-state index contributed by atoms with van der Waals surface area (Å²) in [4.78, 5) is 27.6. The van der Waals surface area contributed by atoms with Gasteiger partial charge in [0.25, 0.3) is 0 Å². The average molecular weight is 353 g/mol. The Morgan fingerprint density at radius 2 is 1.96 bits per heavy atom. The summed E-state index contributed by atoms with van der Waals surface area (Å²) in [6, 6.07) is -0.0995. The normalized spacial score (nSPS) is 42.5. The molecule has 140 valence electrons. The van der Waals surface area contributed by atoms with Gasteiger partial charge in [-0.15, -0.1) is 0 Å². The number of carbonyl (C=O) groups is 2. The zero-order valence-corrected chi connectivity index (χ0v) is 15.2. The minimum atomic E-state index is -2.24. The molecule has 0 spiro atoms. The highest BCUT2D eigenvalue weighted by Gasteiger charge is 2.58. The molecule has 3 aliphatic heterocycles. The van der Waals surface area contributed by atoms with Gasteiger partial charge in [0.1, 0.15) is 18.3 Å². The van der Waals surface area contributed by atoms with Gasteiger partial charge in [0.05, 0.1) is 12.0 Å². The molecule has 3 aliphatic rings. The van der Waals surface area contributed by atoms with Crippen LogP contribution in [0.15, 0.2) is 11.6 Å². The standard InChI is InChI=1S/C18H27NO6/c1-10(2)13-15(20)25-12-6-8-19-7-5-11(14(12)19)9-24-16(21)18(4,23)17(13,3)22/h5,10,12-14,22-23H,6-9H2,1-4H3/t12-,13+,14-,17+,18+/m1/s1. The molecule has 0 aromatic heterocycles. The second-order valence-corrected chi connectivity index (χ2v) is 8.00. The van der Waals surface area contributed by atoms with Crippen LogP contribution in [0.1, 0.15) is 34.1 Å². The Hall–Kier alpha value is -1.44. The van der Waals surface area contributed by atoms with Gasteiger partial charge in [-0.25, -0.2) is 4.79 Å². The Labute approximate surface area is 147 Å². The summed E-state index contributed by atoms with van der Waals surface area (Å²) < 4.78 is 11.1. The number of cyclic esters (lactones) is 1. The first kappa shape index (κ1) is 18.4. The van der Waals surface area contributed by atoms with E-state index in [4.69, 9.17) is 9.47 Å². The largest absolute Gasteiger partial charge is 0.460 e. The van der Waals surface area contributed by atoms with Crippen LogP contribution in [0.25, 0.3) is 0 Å². The minimum absolute atomic E-state index is 0.0205. The molecule has 0 aliphatic carbocycles. The number of aliphatic hydroxyl groups is 2. The molecule has 3 rings (SSSR count). The molecule has 7 nitrogen and oxygen atoms in total. The maximum absolute atomic E-state index is 12.9. The monoisotopic (exact) mass is 353 g/mol. The summed E-state index contributed by atoms with van der Waals surface area (Å²) in [7, 11) is 0. The lowest BCUT2D eigenvalue weighted by Gasteiger charge is -2.42. The zero-order valence-electron chi connectivity index (χ0n) is 15.2. The average Bonchev–Trinajstić information content (AvgIpc) is 3.06. The number of hydrogen-bond donors (Lipinski definition) is 2. The molecule has 5 atom stereocenters. The Kier molecular flexibility index (Phi) is 4.46. The van der Waals surface area contributed by atoms with Crippen molar-refractivity contribution >= 4 is 11.9 Å². The second-order valence-electron chi connectivity index (χ2n) is 8.00. The SMILES string of the molecule is CC(C)[C@H]1C(=O)O[C@@H]2CCN3CC=C(COC(=O)[C@](C)(O)[C@@]1(C)O)[C@H]23. The molecular weight excluding hydrogens is 326 g/mol. The predicted octanol–water partition coefficient (Wildman–Crippen LogP) is 0.244. The maximum atomic E-state index is 12.9. The fraction of sp³-hybridized carbons (Fsp3) is 0.778. The fourth-order valence-electron chi connectivity index (χ4n) is 4.30. The summed E-state index contributed by atoms with van der Waals surface area (Å²) in [5.74, 6) is -2.92. The van der Waals surface area contributed by atoms with Crippen LogP contribution < -0.4 is 0 Å². The molecule has 0 bridgehead atoms. The fourth-order valence-corrected chi connectivity index (χ4v) is 4.30. The Balaban J connectivity index is 2.02. The van der Waals surface area contributed by atoms with Crippen LogP contribution in [0.5, 0.6) is 0 Å². The number of hydrogen-bond acceptors (Lipinski definition) is 7. The Bertz CT molecular complexity index is 609. The van der Waals surface area contributed by atoms with Crippen molar-refractivity contribution in [2.75, 3.05) is 19.7 Å². The number of carbonyl (C=O) groups excluding carboxylic acids is 2. The van der Waals surface area contributed by atoms with E-state index >= 15 is 0 Å². The van der Waals surface area contributed by atoms with Gasteiger partial charge in [-0.2, -0.15) is 0 Å². The summed E-state index contributed by atoms with van der Waals surface area (Å²) in [5, 5.41) is 21.7. The summed E-state index contributed by atoms with van der Waals surface area (Å²) in [6.07, 6.45) is 2.34. The van der Waals surface area contributed by atoms with Crippen molar-refractivity contribution in [1.29, 1.82) is 0 Å². The van der Waals surface area contributed by atoms with Crippen LogP contribution in [0.2, 0.25) is 0 Å². The Morgan fingerprint density at radius 3 is 2.60 bits per heavy atom. The maximum Gasteiger partial charge on any atom is 0.341 e. The van der Waals surface area contributed by atoms with E-state index in [1.165, 1.54) is 13.8 Å². The lowest BCUT2D eigenvalue weighted by atomic mass is 9.71. The third-order valence-corrected chi connectivity index (χ3v) is 5.96. The highest BCUT2D eigenvalue weighted by Crippen LogP contribution is 2.39. The quantitative estimate of drug-likeness (QED) is 0.515. The van der Waals surface area contributed by atoms with E-state index in [2.05, 4.69) is 4.90 Å². The van der Waals surface area contributed by atoms with Gasteiger partial charge < -0.3 is 19.7 Å². The molecule has 0 unspecified atom stereocenters. The van der Waals surface area contributed by atoms with Gasteiger partial charge in [0.2, 0.25) is 0 Å². The second kappa shape index (κ2) is 6.07. The van der Waals surface area contributed by atoms with Crippen LogP contribution in [-0.2, 0) is 19.1 Å². The molecule has 3 heterocycles. The summed E-state index contributed by atoms with van der Waals surface area (Å²) in [6.45, 7) is 7.54. The topological polar surface area (TPSA) is 96.3 Å². The van der Waals surface area contributed by atoms with Crippen LogP contribution in [0, 0.1) is 11.8 Å². The van der Waals surface area contributed by atoms with Crippen molar-refractivity contribution < 1.29 is 29.3 Å². The van der Waals surface area contributed by atoms with Crippen molar-refractivity contribution in [2.24, 2.45) is 11.8 Å². The van der Waals surface area contributed by atoms with E-state index in [0.29, 0.717) is 6.42 Å². The first-order valence-corrected chi connectivity index (χ1v) is 8.82. The van der Waals surface area contributed by atoms with Gasteiger partial charge in [-0.1, -0.05) is 19.9 Å². The Morgan fingerprint density at radius 1 is 1.28 bits per heavy atom. The van der Waals surface area contributed by atoms with Gasteiger partial charge in [0.15, 0.2) is 5.60 Å². The van der Waals surface area contributed by atoms with E-state index in [-0.39, 0.29) is 24.7 Å². The van der Waals surface area contributed by atoms with E-state index < -0.39 is 29.1 Å². The highest BCUT2D eigenvalue weighted by molar-refractivity contribution is 5.84. The smallest absolute Gasteiger partial charge is 0.341 e. The van der Waals surface area contributed by atoms with E-state index in [0.717, 1.165) is 18.7 Å².